The van der Waals surface area contributed by atoms with Gasteiger partial charge in [0, 0.05) is 61.6 Å². The number of H-pyrrole nitrogens is 1. The van der Waals surface area contributed by atoms with Crippen LogP contribution in [0.3, 0.4) is 0 Å². The molecule has 8 heteroatoms. The van der Waals surface area contributed by atoms with Crippen LogP contribution in [0.15, 0.2) is 67.4 Å². The van der Waals surface area contributed by atoms with Gasteiger partial charge < -0.3 is 14.8 Å². The Morgan fingerprint density at radius 2 is 1.74 bits per heavy atom. The van der Waals surface area contributed by atoms with E-state index in [1.54, 1.807) is 12.7 Å². The number of aryl methyl sites for hydroxylation is 1. The normalized spacial score (nSPS) is 15.1. The van der Waals surface area contributed by atoms with Crippen LogP contribution in [0.25, 0.3) is 16.6 Å². The Labute approximate surface area is 199 Å². The highest BCUT2D eigenvalue weighted by Gasteiger charge is 2.20. The first kappa shape index (κ1) is 22.3. The first-order valence-electron chi connectivity index (χ1n) is 11.9. The molecule has 0 aliphatic carbocycles. The SMILES string of the molecule is CN(CN1CCN(CCCc2c[nH]c3ccc(-n4cnnc4)cc23)CC1)C(=O)c1ccccc1. The van der Waals surface area contributed by atoms with Crippen LogP contribution in [0.1, 0.15) is 22.3 Å². The number of hydrogen-bond acceptors (Lipinski definition) is 5. The van der Waals surface area contributed by atoms with Gasteiger partial charge in [-0.2, -0.15) is 0 Å². The largest absolute Gasteiger partial charge is 0.361 e. The van der Waals surface area contributed by atoms with Gasteiger partial charge >= 0.3 is 0 Å². The van der Waals surface area contributed by atoms with E-state index in [9.17, 15) is 4.79 Å². The molecular formula is C26H31N7O. The van der Waals surface area contributed by atoms with Gasteiger partial charge in [0.25, 0.3) is 5.91 Å². The van der Waals surface area contributed by atoms with Crippen molar-refractivity contribution in [2.24, 2.45) is 0 Å². The van der Waals surface area contributed by atoms with Crippen molar-refractivity contribution < 1.29 is 4.79 Å². The quantitative estimate of drug-likeness (QED) is 0.440. The predicted molar refractivity (Wildman–Crippen MR) is 133 cm³/mol. The van der Waals surface area contributed by atoms with Crippen LogP contribution in [0.4, 0.5) is 0 Å². The van der Waals surface area contributed by atoms with Crippen LogP contribution in [-0.4, -0.2) is 86.8 Å². The molecule has 1 amide bonds. The van der Waals surface area contributed by atoms with Crippen LogP contribution in [-0.2, 0) is 6.42 Å². The van der Waals surface area contributed by atoms with Gasteiger partial charge in [0.05, 0.1) is 6.67 Å². The Hall–Kier alpha value is -3.49. The van der Waals surface area contributed by atoms with E-state index >= 15 is 0 Å². The maximum Gasteiger partial charge on any atom is 0.254 e. The molecule has 1 aliphatic heterocycles. The smallest absolute Gasteiger partial charge is 0.254 e. The summed E-state index contributed by atoms with van der Waals surface area (Å²) < 4.78 is 1.93. The molecule has 8 nitrogen and oxygen atoms in total. The van der Waals surface area contributed by atoms with Gasteiger partial charge in [-0.1, -0.05) is 18.2 Å². The Morgan fingerprint density at radius 3 is 2.50 bits per heavy atom. The molecule has 1 saturated heterocycles. The fourth-order valence-corrected chi connectivity index (χ4v) is 4.68. The van der Waals surface area contributed by atoms with Gasteiger partial charge in [0.1, 0.15) is 12.7 Å². The third-order valence-corrected chi connectivity index (χ3v) is 6.63. The first-order chi connectivity index (χ1) is 16.7. The fraction of sp³-hybridized carbons (Fsp3) is 0.346. The van der Waals surface area contributed by atoms with E-state index in [-0.39, 0.29) is 5.91 Å². The average Bonchev–Trinajstić information content (AvgIpc) is 3.55. The summed E-state index contributed by atoms with van der Waals surface area (Å²) in [6, 6.07) is 15.9. The minimum atomic E-state index is 0.0780. The number of aromatic amines is 1. The van der Waals surface area contributed by atoms with Crippen LogP contribution in [0.2, 0.25) is 0 Å². The van der Waals surface area contributed by atoms with Crippen molar-refractivity contribution in [3.05, 3.63) is 78.5 Å². The third-order valence-electron chi connectivity index (χ3n) is 6.63. The van der Waals surface area contributed by atoms with Crippen LogP contribution in [0.5, 0.6) is 0 Å². The van der Waals surface area contributed by atoms with Gasteiger partial charge in [-0.15, -0.1) is 10.2 Å². The van der Waals surface area contributed by atoms with Crippen molar-refractivity contribution in [3.8, 4) is 5.69 Å². The summed E-state index contributed by atoms with van der Waals surface area (Å²) in [6.45, 7) is 5.82. The van der Waals surface area contributed by atoms with E-state index in [0.717, 1.165) is 62.3 Å². The van der Waals surface area contributed by atoms with Crippen LogP contribution in [0, 0.1) is 0 Å². The number of carbonyl (C=O) groups is 1. The number of nitrogens with zero attached hydrogens (tertiary/aromatic N) is 6. The predicted octanol–water partition coefficient (Wildman–Crippen LogP) is 3.03. The zero-order chi connectivity index (χ0) is 23.3. The molecule has 0 bridgehead atoms. The second-order valence-electron chi connectivity index (χ2n) is 8.99. The molecule has 176 valence electrons. The summed E-state index contributed by atoms with van der Waals surface area (Å²) in [5.74, 6) is 0.0780. The summed E-state index contributed by atoms with van der Waals surface area (Å²) in [5, 5.41) is 9.09. The summed E-state index contributed by atoms with van der Waals surface area (Å²) in [4.78, 5) is 22.7. The number of benzene rings is 2. The lowest BCUT2D eigenvalue weighted by atomic mass is 10.1. The Bertz CT molecular complexity index is 1210. The van der Waals surface area contributed by atoms with Gasteiger partial charge in [-0.3, -0.25) is 14.3 Å². The minimum Gasteiger partial charge on any atom is -0.361 e. The molecule has 1 fully saturated rings. The lowest BCUT2D eigenvalue weighted by molar-refractivity contribution is 0.0571. The van der Waals surface area contributed by atoms with E-state index < -0.39 is 0 Å². The summed E-state index contributed by atoms with van der Waals surface area (Å²) >= 11 is 0. The zero-order valence-corrected chi connectivity index (χ0v) is 19.6. The van der Waals surface area contributed by atoms with Crippen molar-refractivity contribution in [1.82, 2.24) is 34.4 Å². The van der Waals surface area contributed by atoms with Gasteiger partial charge in [-0.05, 0) is 55.3 Å². The average molecular weight is 458 g/mol. The Morgan fingerprint density at radius 1 is 1.00 bits per heavy atom. The molecule has 0 radical (unpaired) electrons. The number of fused-ring (bicyclic) bond motifs is 1. The number of aromatic nitrogens is 4. The van der Waals surface area contributed by atoms with E-state index in [1.807, 2.05) is 46.8 Å². The number of carbonyl (C=O) groups excluding carboxylic acids is 1. The summed E-state index contributed by atoms with van der Waals surface area (Å²) in [5.41, 5.74) is 4.33. The van der Waals surface area contributed by atoms with Gasteiger partial charge in [0.15, 0.2) is 0 Å². The van der Waals surface area contributed by atoms with Crippen molar-refractivity contribution in [3.63, 3.8) is 0 Å². The molecular weight excluding hydrogens is 426 g/mol. The molecule has 3 heterocycles. The molecule has 34 heavy (non-hydrogen) atoms. The highest BCUT2D eigenvalue weighted by atomic mass is 16.2. The molecule has 0 atom stereocenters. The zero-order valence-electron chi connectivity index (χ0n) is 19.6. The monoisotopic (exact) mass is 457 g/mol. The van der Waals surface area contributed by atoms with Gasteiger partial charge in [0.2, 0.25) is 0 Å². The highest BCUT2D eigenvalue weighted by Crippen LogP contribution is 2.23. The lowest BCUT2D eigenvalue weighted by Gasteiger charge is -2.36. The van der Waals surface area contributed by atoms with Gasteiger partial charge in [-0.25, -0.2) is 0 Å². The Kier molecular flexibility index (Phi) is 6.69. The number of nitrogens with one attached hydrogen (secondary N) is 1. The van der Waals surface area contributed by atoms with E-state index in [2.05, 4.69) is 49.4 Å². The fourth-order valence-electron chi connectivity index (χ4n) is 4.68. The molecule has 0 spiro atoms. The maximum absolute atomic E-state index is 12.6. The molecule has 2 aromatic heterocycles. The topological polar surface area (TPSA) is 73.3 Å². The second kappa shape index (κ2) is 10.2. The highest BCUT2D eigenvalue weighted by molar-refractivity contribution is 5.93. The third kappa shape index (κ3) is 5.03. The van der Waals surface area contributed by atoms with Crippen molar-refractivity contribution in [1.29, 1.82) is 0 Å². The molecule has 0 saturated carbocycles. The van der Waals surface area contributed by atoms with Crippen LogP contribution >= 0.6 is 0 Å². The molecule has 4 aromatic rings. The van der Waals surface area contributed by atoms with Crippen molar-refractivity contribution in [2.75, 3.05) is 46.4 Å². The molecule has 1 N–H and O–H groups in total. The van der Waals surface area contributed by atoms with Crippen molar-refractivity contribution in [2.45, 2.75) is 12.8 Å². The molecule has 2 aromatic carbocycles. The van der Waals surface area contributed by atoms with E-state index in [0.29, 0.717) is 6.67 Å². The first-order valence-corrected chi connectivity index (χ1v) is 11.9. The lowest BCUT2D eigenvalue weighted by Crippen LogP contribution is -2.50. The Balaban J connectivity index is 1.09. The number of rotatable bonds is 8. The minimum absolute atomic E-state index is 0.0780. The standard InChI is InChI=1S/C26H31N7O/c1-30(26(34)21-6-3-2-4-7-21)20-32-14-12-31(13-15-32)11-5-8-22-17-27-25-10-9-23(16-24(22)25)33-18-28-29-19-33/h2-4,6-7,9-10,16-19,27H,5,8,11-15,20H2,1H3. The van der Waals surface area contributed by atoms with Crippen molar-refractivity contribution >= 4 is 16.8 Å². The second-order valence-corrected chi connectivity index (χ2v) is 8.99. The van der Waals surface area contributed by atoms with Crippen LogP contribution < -0.4 is 0 Å². The number of piperazine rings is 1. The molecule has 1 aliphatic rings. The van der Waals surface area contributed by atoms with E-state index in [4.69, 9.17) is 0 Å². The molecule has 0 unspecified atom stereocenters. The van der Waals surface area contributed by atoms with E-state index in [1.165, 1.54) is 10.9 Å². The maximum atomic E-state index is 12.6. The summed E-state index contributed by atoms with van der Waals surface area (Å²) in [6.07, 6.45) is 7.75. The number of hydrogen-bond donors (Lipinski definition) is 1. The number of amides is 1. The molecule has 5 rings (SSSR count). The summed E-state index contributed by atoms with van der Waals surface area (Å²) in [7, 11) is 1.89.